The quantitative estimate of drug-likeness (QED) is 0.543. The molecular weight excluding hydrogens is 266 g/mol. The highest BCUT2D eigenvalue weighted by Crippen LogP contribution is 2.23. The van der Waals surface area contributed by atoms with E-state index in [9.17, 15) is 13.5 Å². The summed E-state index contributed by atoms with van der Waals surface area (Å²) in [6.07, 6.45) is 0.997. The van der Waals surface area contributed by atoms with Crippen molar-refractivity contribution in [3.8, 4) is 5.75 Å². The number of nitrogens with one attached hydrogen (secondary N) is 1. The van der Waals surface area contributed by atoms with Gasteiger partial charge in [-0.2, -0.15) is 0 Å². The largest absolute Gasteiger partial charge is 0.506 e. The van der Waals surface area contributed by atoms with Gasteiger partial charge in [0.2, 0.25) is 10.0 Å². The summed E-state index contributed by atoms with van der Waals surface area (Å²) in [5.74, 6) is 0.227. The van der Waals surface area contributed by atoms with E-state index < -0.39 is 10.0 Å². The normalized spacial score (nSPS) is 20.8. The van der Waals surface area contributed by atoms with Gasteiger partial charge in [0, 0.05) is 13.1 Å². The van der Waals surface area contributed by atoms with Crippen molar-refractivity contribution in [1.29, 1.82) is 0 Å². The number of phenols is 1. The molecule has 1 aromatic carbocycles. The van der Waals surface area contributed by atoms with Crippen molar-refractivity contribution in [3.05, 3.63) is 18.2 Å². The Hall–Kier alpha value is -1.31. The lowest BCUT2D eigenvalue weighted by molar-refractivity contribution is 0.394. The number of hydrogen-bond donors (Lipinski definition) is 3. The van der Waals surface area contributed by atoms with Gasteiger partial charge in [-0.1, -0.05) is 0 Å². The first kappa shape index (κ1) is 14.1. The summed E-state index contributed by atoms with van der Waals surface area (Å²) >= 11 is 0. The zero-order valence-electron chi connectivity index (χ0n) is 10.8. The van der Waals surface area contributed by atoms with E-state index >= 15 is 0 Å². The van der Waals surface area contributed by atoms with Crippen LogP contribution in [-0.2, 0) is 10.0 Å². The van der Waals surface area contributed by atoms with E-state index in [1.165, 1.54) is 18.2 Å². The molecule has 0 aliphatic carbocycles. The lowest BCUT2D eigenvalue weighted by Crippen LogP contribution is -2.30. The van der Waals surface area contributed by atoms with Crippen molar-refractivity contribution in [2.45, 2.75) is 11.3 Å². The smallest absolute Gasteiger partial charge is 0.240 e. The minimum Gasteiger partial charge on any atom is -0.506 e. The number of nitrogens with zero attached hydrogens (tertiary/aromatic N) is 1. The maximum Gasteiger partial charge on any atom is 0.240 e. The number of anilines is 1. The fraction of sp³-hybridized carbons (Fsp3) is 0.500. The van der Waals surface area contributed by atoms with E-state index in [2.05, 4.69) is 9.62 Å². The van der Waals surface area contributed by atoms with E-state index in [0.29, 0.717) is 12.5 Å². The number of likely N-dealkylation sites (tertiary alicyclic amines) is 1. The first-order chi connectivity index (χ1) is 8.88. The van der Waals surface area contributed by atoms with E-state index in [1.807, 2.05) is 7.05 Å². The van der Waals surface area contributed by atoms with Gasteiger partial charge in [0.25, 0.3) is 0 Å². The molecule has 0 aromatic heterocycles. The Morgan fingerprint density at radius 2 is 2.26 bits per heavy atom. The summed E-state index contributed by atoms with van der Waals surface area (Å²) in [4.78, 5) is 2.26. The lowest BCUT2D eigenvalue weighted by Gasteiger charge is -2.12. The molecule has 6 nitrogen and oxygen atoms in total. The van der Waals surface area contributed by atoms with E-state index in [4.69, 9.17) is 5.73 Å². The Bertz CT molecular complexity index is 559. The summed E-state index contributed by atoms with van der Waals surface area (Å²) in [6, 6.07) is 3.89. The second-order valence-corrected chi connectivity index (χ2v) is 6.76. The third kappa shape index (κ3) is 3.37. The third-order valence-corrected chi connectivity index (χ3v) is 4.78. The second-order valence-electron chi connectivity index (χ2n) is 4.99. The van der Waals surface area contributed by atoms with Crippen LogP contribution < -0.4 is 10.5 Å². The third-order valence-electron chi connectivity index (χ3n) is 3.36. The standard InChI is InChI=1S/C12H19N3O3S/c1-15-5-4-9(8-15)7-14-19(17,18)10-2-3-12(16)11(13)6-10/h2-3,6,9,14,16H,4-5,7-8,13H2,1H3. The summed E-state index contributed by atoms with van der Waals surface area (Å²) < 4.78 is 26.7. The Morgan fingerprint density at radius 3 is 2.84 bits per heavy atom. The highest BCUT2D eigenvalue weighted by molar-refractivity contribution is 7.89. The van der Waals surface area contributed by atoms with Crippen molar-refractivity contribution in [1.82, 2.24) is 9.62 Å². The Morgan fingerprint density at radius 1 is 1.53 bits per heavy atom. The fourth-order valence-corrected chi connectivity index (χ4v) is 3.35. The van der Waals surface area contributed by atoms with Gasteiger partial charge < -0.3 is 15.7 Å². The molecule has 0 amide bonds. The van der Waals surface area contributed by atoms with Gasteiger partial charge in [0.1, 0.15) is 5.75 Å². The average Bonchev–Trinajstić information content (AvgIpc) is 2.76. The SMILES string of the molecule is CN1CCC(CNS(=O)(=O)c2ccc(O)c(N)c2)C1. The van der Waals surface area contributed by atoms with E-state index in [0.717, 1.165) is 19.5 Å². The molecule has 1 heterocycles. The summed E-state index contributed by atoms with van der Waals surface area (Å²) in [5, 5.41) is 9.30. The van der Waals surface area contributed by atoms with Crippen LogP contribution >= 0.6 is 0 Å². The zero-order chi connectivity index (χ0) is 14.0. The number of sulfonamides is 1. The monoisotopic (exact) mass is 285 g/mol. The Kier molecular flexibility index (Phi) is 3.98. The molecule has 7 heteroatoms. The van der Waals surface area contributed by atoms with Crippen LogP contribution in [0.25, 0.3) is 0 Å². The molecule has 106 valence electrons. The van der Waals surface area contributed by atoms with Crippen LogP contribution in [0.4, 0.5) is 5.69 Å². The number of aromatic hydroxyl groups is 1. The fourth-order valence-electron chi connectivity index (χ4n) is 2.20. The van der Waals surface area contributed by atoms with Crippen molar-refractivity contribution < 1.29 is 13.5 Å². The predicted molar refractivity (Wildman–Crippen MR) is 73.3 cm³/mol. The van der Waals surface area contributed by atoms with Gasteiger partial charge >= 0.3 is 0 Å². The number of phenolic OH excluding ortho intramolecular Hbond substituents is 1. The molecule has 0 saturated carbocycles. The molecule has 1 aromatic rings. The van der Waals surface area contributed by atoms with Gasteiger partial charge in [-0.3, -0.25) is 0 Å². The first-order valence-electron chi connectivity index (χ1n) is 6.15. The number of nitrogen functional groups attached to an aromatic ring is 1. The first-order valence-corrected chi connectivity index (χ1v) is 7.63. The van der Waals surface area contributed by atoms with Crippen LogP contribution in [0.5, 0.6) is 5.75 Å². The maximum absolute atomic E-state index is 12.1. The van der Waals surface area contributed by atoms with Gasteiger partial charge in [0.15, 0.2) is 0 Å². The van der Waals surface area contributed by atoms with Crippen molar-refractivity contribution in [2.75, 3.05) is 32.4 Å². The minimum atomic E-state index is -3.56. The van der Waals surface area contributed by atoms with E-state index in [1.54, 1.807) is 0 Å². The molecule has 4 N–H and O–H groups in total. The summed E-state index contributed by atoms with van der Waals surface area (Å²) in [7, 11) is -1.54. The molecule has 1 saturated heterocycles. The van der Waals surface area contributed by atoms with Crippen molar-refractivity contribution in [3.63, 3.8) is 0 Å². The van der Waals surface area contributed by atoms with Crippen LogP contribution in [0.15, 0.2) is 23.1 Å². The van der Waals surface area contributed by atoms with Crippen LogP contribution in [0.2, 0.25) is 0 Å². The molecule has 0 radical (unpaired) electrons. The van der Waals surface area contributed by atoms with Gasteiger partial charge in [-0.25, -0.2) is 13.1 Å². The molecule has 2 rings (SSSR count). The average molecular weight is 285 g/mol. The lowest BCUT2D eigenvalue weighted by atomic mass is 10.1. The molecule has 1 unspecified atom stereocenters. The zero-order valence-corrected chi connectivity index (χ0v) is 11.7. The van der Waals surface area contributed by atoms with Crippen LogP contribution in [-0.4, -0.2) is 45.1 Å². The minimum absolute atomic E-state index is 0.0588. The Labute approximate surface area is 113 Å². The molecule has 0 bridgehead atoms. The maximum atomic E-state index is 12.1. The van der Waals surface area contributed by atoms with Crippen LogP contribution in [0.1, 0.15) is 6.42 Å². The highest BCUT2D eigenvalue weighted by Gasteiger charge is 2.22. The number of benzene rings is 1. The number of nitrogens with two attached hydrogens (primary N) is 1. The number of rotatable bonds is 4. The second kappa shape index (κ2) is 5.36. The summed E-state index contributed by atoms with van der Waals surface area (Å²) in [6.45, 7) is 2.33. The van der Waals surface area contributed by atoms with Crippen LogP contribution in [0.3, 0.4) is 0 Å². The molecule has 1 aliphatic heterocycles. The summed E-state index contributed by atoms with van der Waals surface area (Å²) in [5.41, 5.74) is 5.56. The Balaban J connectivity index is 2.03. The predicted octanol–water partition coefficient (Wildman–Crippen LogP) is 0.204. The molecule has 1 atom stereocenters. The van der Waals surface area contributed by atoms with Crippen LogP contribution in [0, 0.1) is 5.92 Å². The van der Waals surface area contributed by atoms with Crippen molar-refractivity contribution in [2.24, 2.45) is 5.92 Å². The van der Waals surface area contributed by atoms with Gasteiger partial charge in [0.05, 0.1) is 10.6 Å². The molecule has 1 aliphatic rings. The van der Waals surface area contributed by atoms with E-state index in [-0.39, 0.29) is 16.3 Å². The number of hydrogen-bond acceptors (Lipinski definition) is 5. The molecule has 1 fully saturated rings. The van der Waals surface area contributed by atoms with Gasteiger partial charge in [-0.05, 0) is 44.1 Å². The molecular formula is C12H19N3O3S. The molecule has 0 spiro atoms. The topological polar surface area (TPSA) is 95.7 Å². The molecule has 19 heavy (non-hydrogen) atoms. The van der Waals surface area contributed by atoms with Gasteiger partial charge in [-0.15, -0.1) is 0 Å². The van der Waals surface area contributed by atoms with Crippen molar-refractivity contribution >= 4 is 15.7 Å². The highest BCUT2D eigenvalue weighted by atomic mass is 32.2.